The van der Waals surface area contributed by atoms with E-state index in [1.54, 1.807) is 4.90 Å². The van der Waals surface area contributed by atoms with E-state index in [2.05, 4.69) is 0 Å². The van der Waals surface area contributed by atoms with Gasteiger partial charge in [0.05, 0.1) is 13.1 Å². The molecule has 2 aromatic rings. The molecular formula is C24H35N3O2. The lowest BCUT2D eigenvalue weighted by molar-refractivity contribution is -0.142. The molecule has 29 heavy (non-hydrogen) atoms. The molecule has 0 bridgehead atoms. The van der Waals surface area contributed by atoms with Crippen molar-refractivity contribution in [2.75, 3.05) is 13.1 Å². The average Bonchev–Trinajstić information content (AvgIpc) is 3.05. The predicted molar refractivity (Wildman–Crippen MR) is 117 cm³/mol. The molecule has 0 aliphatic carbocycles. The highest BCUT2D eigenvalue weighted by Crippen LogP contribution is 2.20. The molecule has 0 unspecified atom stereocenters. The maximum absolute atomic E-state index is 13.3. The molecule has 1 heterocycles. The molecule has 0 N–H and O–H groups in total. The molecule has 2 amide bonds. The Bertz CT molecular complexity index is 790. The number of amides is 2. The van der Waals surface area contributed by atoms with Crippen LogP contribution in [0.4, 0.5) is 0 Å². The van der Waals surface area contributed by atoms with Crippen molar-refractivity contribution in [1.29, 1.82) is 0 Å². The molecule has 5 nitrogen and oxygen atoms in total. The summed E-state index contributed by atoms with van der Waals surface area (Å²) in [7, 11) is 1.98. The molecule has 158 valence electrons. The lowest BCUT2D eigenvalue weighted by Crippen LogP contribution is -2.43. The van der Waals surface area contributed by atoms with Gasteiger partial charge in [-0.2, -0.15) is 0 Å². The SMILES string of the molecule is CCCN(CC(=O)N(Cc1ccccc1)Cc1cccn1C)C(=O)CC(C)(C)C. The van der Waals surface area contributed by atoms with E-state index < -0.39 is 0 Å². The fourth-order valence-corrected chi connectivity index (χ4v) is 3.28. The van der Waals surface area contributed by atoms with Crippen molar-refractivity contribution in [3.63, 3.8) is 0 Å². The first-order chi connectivity index (χ1) is 13.7. The Morgan fingerprint density at radius 1 is 0.931 bits per heavy atom. The first kappa shape index (κ1) is 22.7. The Balaban J connectivity index is 2.17. The average molecular weight is 398 g/mol. The van der Waals surface area contributed by atoms with Crippen LogP contribution in [0.1, 0.15) is 51.8 Å². The van der Waals surface area contributed by atoms with Crippen LogP contribution in [0.2, 0.25) is 0 Å². The van der Waals surface area contributed by atoms with Gasteiger partial charge in [0.25, 0.3) is 0 Å². The van der Waals surface area contributed by atoms with Crippen molar-refractivity contribution >= 4 is 11.8 Å². The molecule has 0 spiro atoms. The van der Waals surface area contributed by atoms with Gasteiger partial charge in [0.2, 0.25) is 11.8 Å². The number of aromatic nitrogens is 1. The van der Waals surface area contributed by atoms with E-state index in [4.69, 9.17) is 0 Å². The van der Waals surface area contributed by atoms with Gasteiger partial charge in [-0.15, -0.1) is 0 Å². The summed E-state index contributed by atoms with van der Waals surface area (Å²) >= 11 is 0. The van der Waals surface area contributed by atoms with Crippen LogP contribution in [0, 0.1) is 5.41 Å². The fourth-order valence-electron chi connectivity index (χ4n) is 3.28. The quantitative estimate of drug-likeness (QED) is 0.636. The highest BCUT2D eigenvalue weighted by molar-refractivity contribution is 5.85. The van der Waals surface area contributed by atoms with Gasteiger partial charge in [0.1, 0.15) is 0 Å². The highest BCUT2D eigenvalue weighted by atomic mass is 16.2. The normalized spacial score (nSPS) is 11.3. The summed E-state index contributed by atoms with van der Waals surface area (Å²) < 4.78 is 2.03. The van der Waals surface area contributed by atoms with Crippen LogP contribution in [-0.4, -0.2) is 39.3 Å². The zero-order valence-corrected chi connectivity index (χ0v) is 18.5. The Morgan fingerprint density at radius 3 is 2.17 bits per heavy atom. The largest absolute Gasteiger partial charge is 0.353 e. The standard InChI is InChI=1S/C24H35N3O2/c1-6-14-26(22(28)16-24(2,3)4)19-23(29)27(17-20-11-8-7-9-12-20)18-21-13-10-15-25(21)5/h7-13,15H,6,14,16-19H2,1-5H3. The van der Waals surface area contributed by atoms with Crippen LogP contribution in [0.25, 0.3) is 0 Å². The molecule has 2 rings (SSSR count). The van der Waals surface area contributed by atoms with Gasteiger partial charge in [0.15, 0.2) is 0 Å². The molecule has 1 aromatic heterocycles. The van der Waals surface area contributed by atoms with E-state index in [9.17, 15) is 9.59 Å². The number of aryl methyl sites for hydroxylation is 1. The molecule has 0 radical (unpaired) electrons. The van der Waals surface area contributed by atoms with Crippen LogP contribution in [0.3, 0.4) is 0 Å². The van der Waals surface area contributed by atoms with Gasteiger partial charge >= 0.3 is 0 Å². The monoisotopic (exact) mass is 397 g/mol. The summed E-state index contributed by atoms with van der Waals surface area (Å²) in [5.41, 5.74) is 2.05. The third-order valence-electron chi connectivity index (χ3n) is 4.83. The Morgan fingerprint density at radius 2 is 1.62 bits per heavy atom. The molecule has 0 saturated carbocycles. The maximum Gasteiger partial charge on any atom is 0.242 e. The van der Waals surface area contributed by atoms with Crippen LogP contribution >= 0.6 is 0 Å². The minimum atomic E-state index is -0.0983. The van der Waals surface area contributed by atoms with E-state index in [0.717, 1.165) is 17.7 Å². The van der Waals surface area contributed by atoms with Crippen LogP contribution in [0.15, 0.2) is 48.7 Å². The number of hydrogen-bond donors (Lipinski definition) is 0. The second-order valence-corrected chi connectivity index (χ2v) is 8.90. The van der Waals surface area contributed by atoms with Crippen LogP contribution < -0.4 is 0 Å². The predicted octanol–water partition coefficient (Wildman–Crippen LogP) is 4.23. The Hall–Kier alpha value is -2.56. The third-order valence-corrected chi connectivity index (χ3v) is 4.83. The van der Waals surface area contributed by atoms with E-state index in [0.29, 0.717) is 26.1 Å². The summed E-state index contributed by atoms with van der Waals surface area (Å²) in [6.45, 7) is 9.95. The lowest BCUT2D eigenvalue weighted by Gasteiger charge is -2.29. The van der Waals surface area contributed by atoms with Gasteiger partial charge in [-0.25, -0.2) is 0 Å². The summed E-state index contributed by atoms with van der Waals surface area (Å²) in [4.78, 5) is 29.6. The maximum atomic E-state index is 13.3. The van der Waals surface area contributed by atoms with Crippen molar-refractivity contribution in [2.45, 2.75) is 53.6 Å². The van der Waals surface area contributed by atoms with E-state index in [1.807, 2.05) is 92.9 Å². The zero-order valence-electron chi connectivity index (χ0n) is 18.5. The van der Waals surface area contributed by atoms with Crippen molar-refractivity contribution < 1.29 is 9.59 Å². The minimum absolute atomic E-state index is 0.0224. The van der Waals surface area contributed by atoms with E-state index >= 15 is 0 Å². The summed E-state index contributed by atoms with van der Waals surface area (Å²) in [6, 6.07) is 14.0. The van der Waals surface area contributed by atoms with Crippen molar-refractivity contribution in [1.82, 2.24) is 14.4 Å². The smallest absolute Gasteiger partial charge is 0.242 e. The third kappa shape index (κ3) is 7.41. The number of nitrogens with zero attached hydrogens (tertiary/aromatic N) is 3. The number of hydrogen-bond acceptors (Lipinski definition) is 2. The number of carbonyl (C=O) groups excluding carboxylic acids is 2. The van der Waals surface area contributed by atoms with Gasteiger partial charge in [0, 0.05) is 38.4 Å². The van der Waals surface area contributed by atoms with E-state index in [-0.39, 0.29) is 23.8 Å². The van der Waals surface area contributed by atoms with Gasteiger partial charge in [-0.05, 0) is 29.5 Å². The van der Waals surface area contributed by atoms with Crippen molar-refractivity contribution in [3.05, 3.63) is 59.9 Å². The Labute approximate surface area is 175 Å². The van der Waals surface area contributed by atoms with Crippen LogP contribution in [-0.2, 0) is 29.7 Å². The Kier molecular flexibility index (Phi) is 8.06. The molecule has 0 atom stereocenters. The molecule has 0 aliphatic heterocycles. The number of benzene rings is 1. The summed E-state index contributed by atoms with van der Waals surface area (Å²) in [5, 5.41) is 0. The summed E-state index contributed by atoms with van der Waals surface area (Å²) in [5.74, 6) is 0.0250. The van der Waals surface area contributed by atoms with E-state index in [1.165, 1.54) is 0 Å². The second-order valence-electron chi connectivity index (χ2n) is 8.90. The lowest BCUT2D eigenvalue weighted by atomic mass is 9.91. The van der Waals surface area contributed by atoms with Gasteiger partial charge in [-0.3, -0.25) is 9.59 Å². The second kappa shape index (κ2) is 10.3. The molecule has 5 heteroatoms. The van der Waals surface area contributed by atoms with Gasteiger partial charge < -0.3 is 14.4 Å². The first-order valence-electron chi connectivity index (χ1n) is 10.4. The topological polar surface area (TPSA) is 45.6 Å². The molecule has 1 aromatic carbocycles. The fraction of sp³-hybridized carbons (Fsp3) is 0.500. The molecule has 0 aliphatic rings. The molecule has 0 saturated heterocycles. The van der Waals surface area contributed by atoms with Crippen molar-refractivity contribution in [3.8, 4) is 0 Å². The summed E-state index contributed by atoms with van der Waals surface area (Å²) in [6.07, 6.45) is 3.26. The van der Waals surface area contributed by atoms with Gasteiger partial charge in [-0.1, -0.05) is 58.0 Å². The highest BCUT2D eigenvalue weighted by Gasteiger charge is 2.25. The number of rotatable bonds is 9. The number of carbonyl (C=O) groups is 2. The first-order valence-corrected chi connectivity index (χ1v) is 10.4. The molecule has 0 fully saturated rings. The van der Waals surface area contributed by atoms with Crippen LogP contribution in [0.5, 0.6) is 0 Å². The zero-order chi connectivity index (χ0) is 21.4. The van der Waals surface area contributed by atoms with Crippen molar-refractivity contribution in [2.24, 2.45) is 12.5 Å². The molecular weight excluding hydrogens is 362 g/mol. The minimum Gasteiger partial charge on any atom is -0.353 e.